The number of rotatable bonds is 3. The second-order valence-corrected chi connectivity index (χ2v) is 7.05. The summed E-state index contributed by atoms with van der Waals surface area (Å²) in [6.07, 6.45) is 0. The summed E-state index contributed by atoms with van der Waals surface area (Å²) in [6, 6.07) is 23.2. The Kier molecular flexibility index (Phi) is 4.37. The molecular formula is C21H17N3OS. The average Bonchev–Trinajstić information content (AvgIpc) is 3.06. The van der Waals surface area contributed by atoms with Crippen molar-refractivity contribution in [3.8, 4) is 10.6 Å². The third kappa shape index (κ3) is 3.58. The van der Waals surface area contributed by atoms with Gasteiger partial charge in [-0.3, -0.25) is 0 Å². The van der Waals surface area contributed by atoms with E-state index in [0.29, 0.717) is 0 Å². The van der Waals surface area contributed by atoms with Crippen molar-refractivity contribution < 1.29 is 4.79 Å². The van der Waals surface area contributed by atoms with Crippen LogP contribution < -0.4 is 10.6 Å². The fourth-order valence-electron chi connectivity index (χ4n) is 2.74. The van der Waals surface area contributed by atoms with Crippen molar-refractivity contribution in [3.05, 3.63) is 78.4 Å². The number of amides is 2. The Balaban J connectivity index is 1.53. The van der Waals surface area contributed by atoms with Crippen LogP contribution in [0.3, 0.4) is 0 Å². The van der Waals surface area contributed by atoms with Crippen molar-refractivity contribution in [2.45, 2.75) is 6.92 Å². The fraction of sp³-hybridized carbons (Fsp3) is 0.0476. The molecule has 4 nitrogen and oxygen atoms in total. The van der Waals surface area contributed by atoms with E-state index >= 15 is 0 Å². The number of nitrogens with zero attached hydrogens (tertiary/aromatic N) is 1. The minimum absolute atomic E-state index is 0.267. The van der Waals surface area contributed by atoms with Crippen LogP contribution in [0.2, 0.25) is 0 Å². The zero-order valence-corrected chi connectivity index (χ0v) is 15.0. The van der Waals surface area contributed by atoms with Crippen molar-refractivity contribution in [2.24, 2.45) is 0 Å². The highest BCUT2D eigenvalue weighted by atomic mass is 32.1. The molecule has 0 saturated carbocycles. The largest absolute Gasteiger partial charge is 0.323 e. The van der Waals surface area contributed by atoms with Gasteiger partial charge in [-0.2, -0.15) is 0 Å². The maximum absolute atomic E-state index is 12.2. The average molecular weight is 359 g/mol. The van der Waals surface area contributed by atoms with Gasteiger partial charge in [-0.05, 0) is 48.9 Å². The lowest BCUT2D eigenvalue weighted by Crippen LogP contribution is -2.19. The molecule has 26 heavy (non-hydrogen) atoms. The lowest BCUT2D eigenvalue weighted by Gasteiger charge is -2.09. The third-order valence-corrected chi connectivity index (χ3v) is 5.02. The van der Waals surface area contributed by atoms with Gasteiger partial charge in [0.25, 0.3) is 0 Å². The van der Waals surface area contributed by atoms with E-state index in [4.69, 9.17) is 0 Å². The second-order valence-electron chi connectivity index (χ2n) is 6.02. The number of carbonyl (C=O) groups excluding carboxylic acids is 1. The van der Waals surface area contributed by atoms with Crippen molar-refractivity contribution >= 4 is 39.0 Å². The minimum atomic E-state index is -0.267. The number of anilines is 2. The lowest BCUT2D eigenvalue weighted by atomic mass is 10.2. The molecule has 5 heteroatoms. The van der Waals surface area contributed by atoms with Gasteiger partial charge in [0.05, 0.1) is 10.2 Å². The van der Waals surface area contributed by atoms with Crippen molar-refractivity contribution in [1.82, 2.24) is 4.98 Å². The van der Waals surface area contributed by atoms with Gasteiger partial charge in [-0.1, -0.05) is 36.4 Å². The molecule has 0 bridgehead atoms. The van der Waals surface area contributed by atoms with Crippen molar-refractivity contribution in [2.75, 3.05) is 10.6 Å². The molecule has 4 rings (SSSR count). The molecule has 0 atom stereocenters. The molecule has 0 aliphatic heterocycles. The number of fused-ring (bicyclic) bond motifs is 1. The van der Waals surface area contributed by atoms with E-state index in [9.17, 15) is 4.79 Å². The van der Waals surface area contributed by atoms with Gasteiger partial charge in [0.15, 0.2) is 0 Å². The monoisotopic (exact) mass is 359 g/mol. The lowest BCUT2D eigenvalue weighted by molar-refractivity contribution is 0.262. The summed E-state index contributed by atoms with van der Waals surface area (Å²) >= 11 is 1.64. The summed E-state index contributed by atoms with van der Waals surface area (Å²) in [4.78, 5) is 16.9. The van der Waals surface area contributed by atoms with Gasteiger partial charge in [-0.15, -0.1) is 11.3 Å². The summed E-state index contributed by atoms with van der Waals surface area (Å²) in [5, 5.41) is 6.67. The first kappa shape index (κ1) is 16.3. The van der Waals surface area contributed by atoms with Crippen LogP contribution in [-0.4, -0.2) is 11.0 Å². The number of carbonyl (C=O) groups is 1. The number of aryl methyl sites for hydroxylation is 1. The molecule has 128 valence electrons. The molecule has 0 radical (unpaired) electrons. The second kappa shape index (κ2) is 6.98. The number of hydrogen-bond donors (Lipinski definition) is 2. The summed E-state index contributed by atoms with van der Waals surface area (Å²) in [6.45, 7) is 1.99. The van der Waals surface area contributed by atoms with Gasteiger partial charge in [-0.25, -0.2) is 9.78 Å². The standard InChI is InChI=1S/C21H17N3OS/c1-14-6-4-8-16(12-14)22-21(25)23-17-9-5-7-15(13-17)20-24-18-10-2-3-11-19(18)26-20/h2-13H,1H3,(H2,22,23,25). The maximum Gasteiger partial charge on any atom is 0.323 e. The summed E-state index contributed by atoms with van der Waals surface area (Å²) in [7, 11) is 0. The van der Waals surface area contributed by atoms with E-state index in [-0.39, 0.29) is 6.03 Å². The van der Waals surface area contributed by atoms with E-state index in [1.807, 2.05) is 73.7 Å². The van der Waals surface area contributed by atoms with Crippen LogP contribution in [0.25, 0.3) is 20.8 Å². The molecular weight excluding hydrogens is 342 g/mol. The third-order valence-electron chi connectivity index (χ3n) is 3.94. The minimum Gasteiger partial charge on any atom is -0.308 e. The number of thiazole rings is 1. The van der Waals surface area contributed by atoms with Crippen LogP contribution in [0.5, 0.6) is 0 Å². The SMILES string of the molecule is Cc1cccc(NC(=O)Nc2cccc(-c3nc4ccccc4s3)c2)c1. The van der Waals surface area contributed by atoms with Crippen LogP contribution in [0.15, 0.2) is 72.8 Å². The Hall–Kier alpha value is -3.18. The summed E-state index contributed by atoms with van der Waals surface area (Å²) in [5.41, 5.74) is 4.57. The Morgan fingerprint density at radius 2 is 1.62 bits per heavy atom. The van der Waals surface area contributed by atoms with Gasteiger partial charge >= 0.3 is 6.03 Å². The molecule has 1 heterocycles. The van der Waals surface area contributed by atoms with E-state index in [1.54, 1.807) is 11.3 Å². The van der Waals surface area contributed by atoms with Crippen molar-refractivity contribution in [1.29, 1.82) is 0 Å². The van der Waals surface area contributed by atoms with Crippen LogP contribution in [0.4, 0.5) is 16.2 Å². The molecule has 0 aliphatic carbocycles. The molecule has 0 fully saturated rings. The first-order valence-electron chi connectivity index (χ1n) is 8.28. The number of para-hydroxylation sites is 1. The van der Waals surface area contributed by atoms with Crippen LogP contribution in [0.1, 0.15) is 5.56 Å². The number of nitrogens with one attached hydrogen (secondary N) is 2. The number of aromatic nitrogens is 1. The molecule has 4 aromatic rings. The highest BCUT2D eigenvalue weighted by Gasteiger charge is 2.08. The van der Waals surface area contributed by atoms with Gasteiger partial charge in [0.2, 0.25) is 0 Å². The molecule has 2 amide bonds. The zero-order valence-electron chi connectivity index (χ0n) is 14.2. The topological polar surface area (TPSA) is 54.0 Å². The Bertz CT molecular complexity index is 1050. The van der Waals surface area contributed by atoms with E-state index < -0.39 is 0 Å². The predicted octanol–water partition coefficient (Wildman–Crippen LogP) is 5.92. The van der Waals surface area contributed by atoms with E-state index in [2.05, 4.69) is 21.7 Å². The smallest absolute Gasteiger partial charge is 0.308 e. The molecule has 0 saturated heterocycles. The van der Waals surface area contributed by atoms with E-state index in [1.165, 1.54) is 0 Å². The molecule has 0 spiro atoms. The molecule has 3 aromatic carbocycles. The maximum atomic E-state index is 12.2. The number of hydrogen-bond acceptors (Lipinski definition) is 3. The molecule has 0 unspecified atom stereocenters. The quantitative estimate of drug-likeness (QED) is 0.477. The van der Waals surface area contributed by atoms with Gasteiger partial charge in [0.1, 0.15) is 5.01 Å². The highest BCUT2D eigenvalue weighted by Crippen LogP contribution is 2.31. The van der Waals surface area contributed by atoms with Crippen LogP contribution in [-0.2, 0) is 0 Å². The normalized spacial score (nSPS) is 10.7. The van der Waals surface area contributed by atoms with E-state index in [0.717, 1.165) is 37.7 Å². The molecule has 0 aliphatic rings. The van der Waals surface area contributed by atoms with Gasteiger partial charge in [0, 0.05) is 16.9 Å². The first-order valence-corrected chi connectivity index (χ1v) is 9.10. The van der Waals surface area contributed by atoms with Gasteiger partial charge < -0.3 is 10.6 Å². The van der Waals surface area contributed by atoms with Crippen LogP contribution in [0, 0.1) is 6.92 Å². The predicted molar refractivity (Wildman–Crippen MR) is 109 cm³/mol. The fourth-order valence-corrected chi connectivity index (χ4v) is 3.70. The summed E-state index contributed by atoms with van der Waals surface area (Å²) in [5.74, 6) is 0. The van der Waals surface area contributed by atoms with Crippen molar-refractivity contribution in [3.63, 3.8) is 0 Å². The first-order chi connectivity index (χ1) is 12.7. The Morgan fingerprint density at radius 1 is 0.885 bits per heavy atom. The summed E-state index contributed by atoms with van der Waals surface area (Å²) < 4.78 is 1.15. The zero-order chi connectivity index (χ0) is 17.9. The highest BCUT2D eigenvalue weighted by molar-refractivity contribution is 7.21. The number of benzene rings is 3. The Labute approximate surface area is 155 Å². The molecule has 1 aromatic heterocycles. The number of urea groups is 1. The van der Waals surface area contributed by atoms with Crippen LogP contribution >= 0.6 is 11.3 Å². The molecule has 2 N–H and O–H groups in total. The Morgan fingerprint density at radius 3 is 2.38 bits per heavy atom.